The van der Waals surface area contributed by atoms with Crippen molar-refractivity contribution in [1.29, 1.82) is 0 Å². The summed E-state index contributed by atoms with van der Waals surface area (Å²) in [4.78, 5) is 35.2. The van der Waals surface area contributed by atoms with Crippen LogP contribution in [-0.4, -0.2) is 128 Å². The third kappa shape index (κ3) is 9.13. The van der Waals surface area contributed by atoms with Crippen molar-refractivity contribution < 1.29 is 77.9 Å². The first-order valence-corrected chi connectivity index (χ1v) is 12.8. The Balaban J connectivity index is 2.04. The first-order chi connectivity index (χ1) is 16.1. The monoisotopic (exact) mass is 555 g/mol. The lowest BCUT2D eigenvalue weighted by Crippen LogP contribution is -2.48. The van der Waals surface area contributed by atoms with Crippen LogP contribution >= 0.6 is 15.6 Å². The van der Waals surface area contributed by atoms with E-state index in [4.69, 9.17) is 34.2 Å². The number of phosphoric ester groups is 2. The molecule has 21 heteroatoms. The van der Waals surface area contributed by atoms with Gasteiger partial charge < -0.3 is 59.7 Å². The number of rotatable bonds is 14. The van der Waals surface area contributed by atoms with Gasteiger partial charge in [0.15, 0.2) is 6.23 Å². The number of ether oxygens (including phenoxy) is 2. The van der Waals surface area contributed by atoms with E-state index in [2.05, 4.69) is 19.4 Å². The largest absolute Gasteiger partial charge is 0.469 e. The van der Waals surface area contributed by atoms with Crippen LogP contribution < -0.4 is 0 Å². The van der Waals surface area contributed by atoms with Crippen LogP contribution in [0.1, 0.15) is 11.9 Å². The van der Waals surface area contributed by atoms with E-state index in [1.807, 2.05) is 0 Å². The molecule has 0 amide bonds. The van der Waals surface area contributed by atoms with Crippen molar-refractivity contribution in [1.82, 2.24) is 15.0 Å². The number of phosphoric acid groups is 2. The topological polar surface area (TPSA) is 304 Å². The quantitative estimate of drug-likeness (QED) is 0.0961. The van der Waals surface area contributed by atoms with Gasteiger partial charge in [-0.25, -0.2) is 13.8 Å². The van der Waals surface area contributed by atoms with Crippen LogP contribution in [0.25, 0.3) is 0 Å². The van der Waals surface area contributed by atoms with Crippen LogP contribution in [-0.2, 0) is 34.3 Å². The van der Waals surface area contributed by atoms with Gasteiger partial charge >= 0.3 is 15.6 Å². The summed E-state index contributed by atoms with van der Waals surface area (Å²) >= 11 is 0. The highest BCUT2D eigenvalue weighted by Gasteiger charge is 2.45. The molecule has 204 valence electrons. The molecule has 0 spiro atoms. The lowest BCUT2D eigenvalue weighted by Gasteiger charge is -2.28. The number of hydrogen-bond donors (Lipinski definition) is 10. The van der Waals surface area contributed by atoms with Crippen LogP contribution in [0.2, 0.25) is 0 Å². The molecule has 8 atom stereocenters. The summed E-state index contributed by atoms with van der Waals surface area (Å²) in [6.45, 7) is -3.13. The van der Waals surface area contributed by atoms with Crippen LogP contribution in [0.3, 0.4) is 0 Å². The van der Waals surface area contributed by atoms with Gasteiger partial charge in [0.05, 0.1) is 32.6 Å². The van der Waals surface area contributed by atoms with E-state index < -0.39 is 91.0 Å². The molecule has 0 bridgehead atoms. The third-order valence-corrected chi connectivity index (χ3v) is 5.70. The van der Waals surface area contributed by atoms with Crippen molar-refractivity contribution in [2.24, 2.45) is 0 Å². The molecule has 10 N–H and O–H groups in total. The van der Waals surface area contributed by atoms with E-state index >= 15 is 0 Å². The molecule has 0 aliphatic carbocycles. The normalized spacial score (nSPS) is 27.0. The summed E-state index contributed by atoms with van der Waals surface area (Å²) in [5.41, 5.74) is -0.00390. The number of hydrogen-bond acceptors (Lipinski definition) is 14. The van der Waals surface area contributed by atoms with E-state index in [-0.39, 0.29) is 5.69 Å². The smallest absolute Gasteiger partial charge is 0.394 e. The van der Waals surface area contributed by atoms with Crippen LogP contribution in [0.15, 0.2) is 6.20 Å². The minimum atomic E-state index is -5.01. The van der Waals surface area contributed by atoms with E-state index in [9.17, 15) is 34.7 Å². The first kappa shape index (κ1) is 30.3. The molecule has 1 saturated heterocycles. The van der Waals surface area contributed by atoms with Crippen LogP contribution in [0, 0.1) is 0 Å². The maximum absolute atomic E-state index is 11.0. The van der Waals surface area contributed by atoms with Crippen molar-refractivity contribution in [2.45, 2.75) is 55.6 Å². The Labute approximate surface area is 196 Å². The molecular weight excluding hydrogens is 528 g/mol. The summed E-state index contributed by atoms with van der Waals surface area (Å²) in [6.07, 6.45) is -12.1. The van der Waals surface area contributed by atoms with Gasteiger partial charge in [0.1, 0.15) is 48.4 Å². The molecule has 35 heavy (non-hydrogen) atoms. The average molecular weight is 555 g/mol. The lowest BCUT2D eigenvalue weighted by atomic mass is 10.0. The van der Waals surface area contributed by atoms with Gasteiger partial charge in [-0.2, -0.15) is 0 Å². The SMILES string of the molecule is O=P(O)(O)OC[C@H]1O[C@@H](n2cc(CO[C@H](COP(=O)(O)O)[C@@H](O)[C@H](O)[C@@H](O)CO)nn2)[C@H](O)[C@@H]1O. The second-order valence-electron chi connectivity index (χ2n) is 7.39. The molecule has 0 aromatic carbocycles. The molecule has 2 rings (SSSR count). The highest BCUT2D eigenvalue weighted by Crippen LogP contribution is 2.38. The molecule has 0 radical (unpaired) electrons. The standard InChI is InChI=1S/C14H27N3O16P2/c18-2-7(19)10(20)11(21)8(4-31-34(24,25)26)30-3-6-1-17(16-15-6)14-13(23)12(22)9(33-14)5-32-35(27,28)29/h1,7-14,18-23H,2-5H2,(H2,24,25,26)(H2,27,28,29)/t7-,8+,9+,10+,11+,12+,13+,14+/m0/s1. The zero-order chi connectivity index (χ0) is 26.6. The van der Waals surface area contributed by atoms with Crippen LogP contribution in [0.4, 0.5) is 0 Å². The molecule has 0 saturated carbocycles. The van der Waals surface area contributed by atoms with Crippen molar-refractivity contribution in [3.05, 3.63) is 11.9 Å². The lowest BCUT2D eigenvalue weighted by molar-refractivity contribution is -0.143. The van der Waals surface area contributed by atoms with Gasteiger partial charge in [0.25, 0.3) is 0 Å². The number of aliphatic hydroxyl groups is 6. The Hall–Kier alpha value is -0.960. The molecule has 0 unspecified atom stereocenters. The molecule has 19 nitrogen and oxygen atoms in total. The summed E-state index contributed by atoms with van der Waals surface area (Å²) in [5.74, 6) is 0. The zero-order valence-electron chi connectivity index (χ0n) is 17.7. The van der Waals surface area contributed by atoms with Crippen molar-refractivity contribution in [3.63, 3.8) is 0 Å². The molecule has 2 heterocycles. The van der Waals surface area contributed by atoms with Crippen molar-refractivity contribution in [3.8, 4) is 0 Å². The summed E-state index contributed by atoms with van der Waals surface area (Å²) in [6, 6.07) is 0. The van der Waals surface area contributed by atoms with E-state index in [1.165, 1.54) is 0 Å². The summed E-state index contributed by atoms with van der Waals surface area (Å²) in [7, 11) is -9.87. The van der Waals surface area contributed by atoms with Gasteiger partial charge in [-0.05, 0) is 0 Å². The fourth-order valence-corrected chi connectivity index (χ4v) is 3.61. The predicted molar refractivity (Wildman–Crippen MR) is 106 cm³/mol. The molecule has 1 aliphatic rings. The third-order valence-electron chi connectivity index (χ3n) is 4.73. The fraction of sp³-hybridized carbons (Fsp3) is 0.857. The number of aromatic nitrogens is 3. The molecule has 1 aromatic heterocycles. The molecule has 1 fully saturated rings. The highest BCUT2D eigenvalue weighted by molar-refractivity contribution is 7.46. The van der Waals surface area contributed by atoms with E-state index in [0.29, 0.717) is 0 Å². The van der Waals surface area contributed by atoms with E-state index in [1.54, 1.807) is 0 Å². The Morgan fingerprint density at radius 2 is 1.66 bits per heavy atom. The second kappa shape index (κ2) is 12.5. The van der Waals surface area contributed by atoms with Crippen LogP contribution in [0.5, 0.6) is 0 Å². The van der Waals surface area contributed by atoms with Gasteiger partial charge in [0.2, 0.25) is 0 Å². The number of aliphatic hydroxyl groups excluding tert-OH is 6. The number of nitrogens with zero attached hydrogens (tertiary/aromatic N) is 3. The maximum atomic E-state index is 11.0. The molecule has 1 aromatic rings. The average Bonchev–Trinajstić information content (AvgIpc) is 3.34. The summed E-state index contributed by atoms with van der Waals surface area (Å²) < 4.78 is 41.9. The van der Waals surface area contributed by atoms with E-state index in [0.717, 1.165) is 10.9 Å². The van der Waals surface area contributed by atoms with Gasteiger partial charge in [-0.15, -0.1) is 5.10 Å². The molecular formula is C14H27N3O16P2. The Bertz CT molecular complexity index is 893. The predicted octanol–water partition coefficient (Wildman–Crippen LogP) is -4.92. The van der Waals surface area contributed by atoms with Gasteiger partial charge in [-0.1, -0.05) is 5.21 Å². The first-order valence-electron chi connectivity index (χ1n) is 9.72. The second-order valence-corrected chi connectivity index (χ2v) is 9.87. The minimum Gasteiger partial charge on any atom is -0.394 e. The summed E-state index contributed by atoms with van der Waals surface area (Å²) in [5, 5.41) is 65.9. The Kier molecular flexibility index (Phi) is 10.8. The van der Waals surface area contributed by atoms with Gasteiger partial charge in [-0.3, -0.25) is 9.05 Å². The Morgan fingerprint density at radius 3 is 2.23 bits per heavy atom. The zero-order valence-corrected chi connectivity index (χ0v) is 19.5. The van der Waals surface area contributed by atoms with Crippen molar-refractivity contribution >= 4 is 15.6 Å². The highest BCUT2D eigenvalue weighted by atomic mass is 31.2. The minimum absolute atomic E-state index is 0.00390. The fourth-order valence-electron chi connectivity index (χ4n) is 2.92. The van der Waals surface area contributed by atoms with Crippen molar-refractivity contribution in [2.75, 3.05) is 19.8 Å². The molecule has 1 aliphatic heterocycles. The maximum Gasteiger partial charge on any atom is 0.469 e. The Morgan fingerprint density at radius 1 is 1.03 bits per heavy atom. The van der Waals surface area contributed by atoms with Gasteiger partial charge in [0, 0.05) is 0 Å².